The second-order valence-corrected chi connectivity index (χ2v) is 14.4. The van der Waals surface area contributed by atoms with E-state index in [0.29, 0.717) is 0 Å². The minimum atomic E-state index is -2.17. The van der Waals surface area contributed by atoms with Crippen molar-refractivity contribution >= 4 is 17.1 Å². The molecular formula is C20H46O3Si2. The van der Waals surface area contributed by atoms with Crippen molar-refractivity contribution in [3.8, 4) is 0 Å². The van der Waals surface area contributed by atoms with Crippen LogP contribution in [0.4, 0.5) is 0 Å². The van der Waals surface area contributed by atoms with Gasteiger partial charge in [-0.15, -0.1) is 0 Å². The molecule has 3 nitrogen and oxygen atoms in total. The molecule has 5 heteroatoms. The summed E-state index contributed by atoms with van der Waals surface area (Å²) in [6.07, 6.45) is 9.24. The monoisotopic (exact) mass is 390 g/mol. The topological polar surface area (TPSA) is 27.7 Å². The van der Waals surface area contributed by atoms with Gasteiger partial charge in [-0.2, -0.15) is 0 Å². The molecule has 0 heterocycles. The fourth-order valence-corrected chi connectivity index (χ4v) is 13.4. The zero-order chi connectivity index (χ0) is 19.0. The van der Waals surface area contributed by atoms with Crippen molar-refractivity contribution in [2.45, 2.75) is 117 Å². The second-order valence-electron chi connectivity index (χ2n) is 7.33. The van der Waals surface area contributed by atoms with Crippen LogP contribution in [0.2, 0.25) is 24.2 Å². The van der Waals surface area contributed by atoms with Gasteiger partial charge in [0, 0.05) is 13.2 Å². The highest BCUT2D eigenvalue weighted by Gasteiger charge is 2.47. The van der Waals surface area contributed by atoms with Crippen molar-refractivity contribution in [2.75, 3.05) is 13.2 Å². The van der Waals surface area contributed by atoms with Gasteiger partial charge in [0.05, 0.1) is 0 Å². The normalized spacial score (nSPS) is 12.7. The largest absolute Gasteiger partial charge is 0.414 e. The first kappa shape index (κ1) is 25.3. The van der Waals surface area contributed by atoms with E-state index in [1.807, 2.05) is 0 Å². The van der Waals surface area contributed by atoms with Gasteiger partial charge in [-0.05, 0) is 37.0 Å². The lowest BCUT2D eigenvalue weighted by Gasteiger charge is -2.41. The Hall–Kier alpha value is 0.314. The lowest BCUT2D eigenvalue weighted by Crippen LogP contribution is -2.55. The maximum atomic E-state index is 7.11. The summed E-state index contributed by atoms with van der Waals surface area (Å²) in [6.45, 7) is 15.3. The van der Waals surface area contributed by atoms with E-state index in [2.05, 4.69) is 41.5 Å². The van der Waals surface area contributed by atoms with Gasteiger partial charge in [0.1, 0.15) is 0 Å². The number of rotatable bonds is 18. The van der Waals surface area contributed by atoms with Gasteiger partial charge in [-0.1, -0.05) is 80.1 Å². The van der Waals surface area contributed by atoms with Crippen LogP contribution >= 0.6 is 0 Å². The number of unbranched alkanes of at least 4 members (excludes halogenated alkanes) is 2. The Kier molecular flexibility index (Phi) is 15.6. The van der Waals surface area contributed by atoms with Crippen LogP contribution in [0.5, 0.6) is 0 Å². The zero-order valence-electron chi connectivity index (χ0n) is 18.1. The molecule has 0 radical (unpaired) electrons. The molecular weight excluding hydrogens is 344 g/mol. The van der Waals surface area contributed by atoms with Gasteiger partial charge in [-0.3, -0.25) is 0 Å². The van der Waals surface area contributed by atoms with E-state index in [1.54, 1.807) is 0 Å². The van der Waals surface area contributed by atoms with E-state index in [4.69, 9.17) is 13.0 Å². The lowest BCUT2D eigenvalue weighted by molar-refractivity contribution is 0.174. The minimum Gasteiger partial charge on any atom is -0.414 e. The predicted octanol–water partition coefficient (Wildman–Crippen LogP) is 7.16. The van der Waals surface area contributed by atoms with Crippen molar-refractivity contribution in [1.29, 1.82) is 0 Å². The third-order valence-corrected chi connectivity index (χ3v) is 14.1. The van der Waals surface area contributed by atoms with E-state index in [9.17, 15) is 0 Å². The summed E-state index contributed by atoms with van der Waals surface area (Å²) >= 11 is 0. The summed E-state index contributed by atoms with van der Waals surface area (Å²) in [6, 6.07) is 4.46. The van der Waals surface area contributed by atoms with Crippen LogP contribution in [0.1, 0.15) is 92.9 Å². The molecule has 0 saturated heterocycles. The second kappa shape index (κ2) is 15.4. The number of hydrogen-bond donors (Lipinski definition) is 0. The minimum absolute atomic E-state index is 0.862. The zero-order valence-corrected chi connectivity index (χ0v) is 20.1. The molecule has 0 amide bonds. The molecule has 0 rings (SSSR count). The highest BCUT2D eigenvalue weighted by molar-refractivity contribution is 6.81. The Morgan fingerprint density at radius 2 is 0.800 bits per heavy atom. The molecule has 0 aromatic rings. The Morgan fingerprint density at radius 1 is 0.480 bits per heavy atom. The van der Waals surface area contributed by atoms with Gasteiger partial charge in [0.15, 0.2) is 0 Å². The summed E-state index contributed by atoms with van der Waals surface area (Å²) in [5.41, 5.74) is 0. The van der Waals surface area contributed by atoms with Gasteiger partial charge in [0.2, 0.25) is 0 Å². The van der Waals surface area contributed by atoms with Crippen LogP contribution < -0.4 is 0 Å². The Bertz CT molecular complexity index is 261. The molecule has 152 valence electrons. The molecule has 0 spiro atoms. The van der Waals surface area contributed by atoms with Crippen molar-refractivity contribution in [3.05, 3.63) is 0 Å². The molecule has 0 aliphatic heterocycles. The fourth-order valence-electron chi connectivity index (χ4n) is 3.47. The Morgan fingerprint density at radius 3 is 1.04 bits per heavy atom. The molecule has 0 unspecified atom stereocenters. The standard InChI is InChI=1S/C20H46O3Si2/c1-7-13-15-21-24(17-9-3,18-10-4)23-25(19-11-5,20-12-6)22-16-14-8-2/h7-20H2,1-6H3. The van der Waals surface area contributed by atoms with Gasteiger partial charge in [0.25, 0.3) is 0 Å². The molecule has 0 aromatic carbocycles. The quantitative estimate of drug-likeness (QED) is 0.183. The average Bonchev–Trinajstić information content (AvgIpc) is 2.56. The van der Waals surface area contributed by atoms with Crippen molar-refractivity contribution < 1.29 is 13.0 Å². The molecule has 0 atom stereocenters. The molecule has 0 saturated carbocycles. The maximum absolute atomic E-state index is 7.11. The van der Waals surface area contributed by atoms with E-state index in [1.165, 1.54) is 12.8 Å². The molecule has 0 aromatic heterocycles. The van der Waals surface area contributed by atoms with Crippen molar-refractivity contribution in [3.63, 3.8) is 0 Å². The summed E-state index contributed by atoms with van der Waals surface area (Å²) in [5, 5.41) is 0. The van der Waals surface area contributed by atoms with Crippen LogP contribution in [-0.4, -0.2) is 30.3 Å². The third-order valence-electron chi connectivity index (χ3n) is 4.62. The van der Waals surface area contributed by atoms with Crippen LogP contribution in [-0.2, 0) is 13.0 Å². The van der Waals surface area contributed by atoms with Crippen molar-refractivity contribution in [1.82, 2.24) is 0 Å². The van der Waals surface area contributed by atoms with Crippen LogP contribution in [0.3, 0.4) is 0 Å². The van der Waals surface area contributed by atoms with E-state index >= 15 is 0 Å². The van der Waals surface area contributed by atoms with Crippen LogP contribution in [0.25, 0.3) is 0 Å². The van der Waals surface area contributed by atoms with Gasteiger partial charge in [-0.25, -0.2) is 0 Å². The first-order valence-electron chi connectivity index (χ1n) is 11.1. The van der Waals surface area contributed by atoms with Crippen LogP contribution in [0, 0.1) is 0 Å². The van der Waals surface area contributed by atoms with Gasteiger partial charge >= 0.3 is 17.1 Å². The summed E-state index contributed by atoms with van der Waals surface area (Å²) in [5.74, 6) is 0. The first-order chi connectivity index (χ1) is 12.1. The number of hydrogen-bond acceptors (Lipinski definition) is 3. The lowest BCUT2D eigenvalue weighted by atomic mass is 10.4. The maximum Gasteiger partial charge on any atom is 0.329 e. The van der Waals surface area contributed by atoms with E-state index in [-0.39, 0.29) is 0 Å². The molecule has 25 heavy (non-hydrogen) atoms. The van der Waals surface area contributed by atoms with Crippen LogP contribution in [0.15, 0.2) is 0 Å². The summed E-state index contributed by atoms with van der Waals surface area (Å²) in [7, 11) is -4.33. The van der Waals surface area contributed by atoms with E-state index < -0.39 is 17.1 Å². The summed E-state index contributed by atoms with van der Waals surface area (Å²) < 4.78 is 20.3. The molecule has 0 bridgehead atoms. The third kappa shape index (κ3) is 10.3. The first-order valence-corrected chi connectivity index (χ1v) is 15.5. The highest BCUT2D eigenvalue weighted by Crippen LogP contribution is 2.33. The highest BCUT2D eigenvalue weighted by atomic mass is 28.5. The molecule has 0 aliphatic rings. The van der Waals surface area contributed by atoms with Crippen molar-refractivity contribution in [2.24, 2.45) is 0 Å². The Balaban J connectivity index is 5.40. The molecule has 0 fully saturated rings. The predicted molar refractivity (Wildman–Crippen MR) is 115 cm³/mol. The van der Waals surface area contributed by atoms with E-state index in [0.717, 1.165) is 75.9 Å². The smallest absolute Gasteiger partial charge is 0.329 e. The average molecular weight is 391 g/mol. The fraction of sp³-hybridized carbons (Fsp3) is 1.00. The summed E-state index contributed by atoms with van der Waals surface area (Å²) in [4.78, 5) is 0. The van der Waals surface area contributed by atoms with Gasteiger partial charge < -0.3 is 13.0 Å². The Labute approximate surface area is 160 Å². The molecule has 0 N–H and O–H groups in total. The molecule has 0 aliphatic carbocycles. The SMILES string of the molecule is CCCCO[Si](CCC)(CCC)O[Si](CCC)(CCC)OCCCC.